The molecule has 1 amide bonds. The molecule has 0 aliphatic rings. The Bertz CT molecular complexity index is 1120. The van der Waals surface area contributed by atoms with Gasteiger partial charge in [-0.05, 0) is 60.2 Å². The van der Waals surface area contributed by atoms with Gasteiger partial charge in [0.15, 0.2) is 0 Å². The summed E-state index contributed by atoms with van der Waals surface area (Å²) in [6, 6.07) is 12.3. The van der Waals surface area contributed by atoms with Crippen molar-refractivity contribution in [2.75, 3.05) is 11.8 Å². The summed E-state index contributed by atoms with van der Waals surface area (Å²) in [4.78, 5) is 18.0. The van der Waals surface area contributed by atoms with E-state index in [-0.39, 0.29) is 21.2 Å². The standard InChI is InChI=1S/C20H17ClFN3O3S/c1-25(13-14-8-10-23-11-9-14)20(26)18-12-17(6-7-19(18)21)29(27,28)24-16-4-2-15(22)3-5-16/h2-12,24H,13H2,1H3. The van der Waals surface area contributed by atoms with Crippen LogP contribution in [0.4, 0.5) is 10.1 Å². The molecular formula is C20H17ClFN3O3S. The first kappa shape index (κ1) is 20.8. The molecule has 9 heteroatoms. The second kappa shape index (κ2) is 8.59. The highest BCUT2D eigenvalue weighted by Crippen LogP contribution is 2.24. The number of pyridine rings is 1. The van der Waals surface area contributed by atoms with Crippen LogP contribution < -0.4 is 4.72 Å². The molecule has 3 aromatic rings. The molecule has 0 saturated carbocycles. The number of carbonyl (C=O) groups is 1. The lowest BCUT2D eigenvalue weighted by Crippen LogP contribution is -2.27. The van der Waals surface area contributed by atoms with E-state index in [0.29, 0.717) is 6.54 Å². The summed E-state index contributed by atoms with van der Waals surface area (Å²) < 4.78 is 40.7. The van der Waals surface area contributed by atoms with Crippen LogP contribution in [0.1, 0.15) is 15.9 Å². The Morgan fingerprint density at radius 2 is 1.76 bits per heavy atom. The number of halogens is 2. The smallest absolute Gasteiger partial charge is 0.261 e. The average Bonchev–Trinajstić information content (AvgIpc) is 2.70. The molecule has 1 heterocycles. The Labute approximate surface area is 173 Å². The van der Waals surface area contributed by atoms with E-state index >= 15 is 0 Å². The maximum absolute atomic E-state index is 13.0. The zero-order chi connectivity index (χ0) is 21.0. The third kappa shape index (κ3) is 5.10. The van der Waals surface area contributed by atoms with Gasteiger partial charge in [0.1, 0.15) is 5.82 Å². The minimum atomic E-state index is -3.99. The van der Waals surface area contributed by atoms with Crippen molar-refractivity contribution < 1.29 is 17.6 Å². The van der Waals surface area contributed by atoms with Gasteiger partial charge in [-0.2, -0.15) is 0 Å². The second-order valence-corrected chi connectivity index (χ2v) is 8.36. The molecule has 0 aliphatic carbocycles. The summed E-state index contributed by atoms with van der Waals surface area (Å²) >= 11 is 6.15. The molecule has 0 aliphatic heterocycles. The van der Waals surface area contributed by atoms with Crippen LogP contribution in [0.2, 0.25) is 5.02 Å². The van der Waals surface area contributed by atoms with Gasteiger partial charge in [-0.15, -0.1) is 0 Å². The Balaban J connectivity index is 1.84. The zero-order valence-corrected chi connectivity index (χ0v) is 16.9. The number of aromatic nitrogens is 1. The van der Waals surface area contributed by atoms with E-state index in [2.05, 4.69) is 9.71 Å². The highest BCUT2D eigenvalue weighted by molar-refractivity contribution is 7.92. The first-order chi connectivity index (χ1) is 13.8. The third-order valence-electron chi connectivity index (χ3n) is 4.09. The summed E-state index contributed by atoms with van der Waals surface area (Å²) in [7, 11) is -2.40. The SMILES string of the molecule is CN(Cc1ccncc1)C(=O)c1cc(S(=O)(=O)Nc2ccc(F)cc2)ccc1Cl. The summed E-state index contributed by atoms with van der Waals surface area (Å²) in [6.07, 6.45) is 3.24. The van der Waals surface area contributed by atoms with Crippen LogP contribution in [0.25, 0.3) is 0 Å². The lowest BCUT2D eigenvalue weighted by molar-refractivity contribution is 0.0785. The fraction of sp³-hybridized carbons (Fsp3) is 0.100. The van der Waals surface area contributed by atoms with E-state index < -0.39 is 21.7 Å². The van der Waals surface area contributed by atoms with E-state index in [0.717, 1.165) is 17.7 Å². The molecule has 0 unspecified atom stereocenters. The Hall–Kier alpha value is -2.97. The van der Waals surface area contributed by atoms with Crippen LogP contribution in [0.15, 0.2) is 71.9 Å². The number of amides is 1. The molecule has 3 rings (SSSR count). The normalized spacial score (nSPS) is 11.1. The maximum Gasteiger partial charge on any atom is 0.261 e. The fourth-order valence-corrected chi connectivity index (χ4v) is 3.89. The summed E-state index contributed by atoms with van der Waals surface area (Å²) in [5.74, 6) is -0.907. The number of hydrogen-bond donors (Lipinski definition) is 1. The van der Waals surface area contributed by atoms with Gasteiger partial charge in [0.25, 0.3) is 15.9 Å². The van der Waals surface area contributed by atoms with E-state index in [9.17, 15) is 17.6 Å². The number of sulfonamides is 1. The van der Waals surface area contributed by atoms with Crippen LogP contribution in [0.5, 0.6) is 0 Å². The topological polar surface area (TPSA) is 79.4 Å². The third-order valence-corrected chi connectivity index (χ3v) is 5.80. The van der Waals surface area contributed by atoms with Crippen LogP contribution in [0.3, 0.4) is 0 Å². The van der Waals surface area contributed by atoms with Gasteiger partial charge >= 0.3 is 0 Å². The molecule has 0 spiro atoms. The number of hydrogen-bond acceptors (Lipinski definition) is 4. The number of carbonyl (C=O) groups excluding carboxylic acids is 1. The predicted molar refractivity (Wildman–Crippen MR) is 109 cm³/mol. The molecule has 0 atom stereocenters. The van der Waals surface area contributed by atoms with Crippen LogP contribution >= 0.6 is 11.6 Å². The minimum absolute atomic E-state index is 0.0604. The van der Waals surface area contributed by atoms with E-state index in [1.165, 1.54) is 35.2 Å². The first-order valence-electron chi connectivity index (χ1n) is 8.48. The van der Waals surface area contributed by atoms with Crippen molar-refractivity contribution in [3.05, 3.63) is 89.0 Å². The number of anilines is 1. The van der Waals surface area contributed by atoms with Crippen molar-refractivity contribution in [1.82, 2.24) is 9.88 Å². The maximum atomic E-state index is 13.0. The highest BCUT2D eigenvalue weighted by atomic mass is 35.5. The molecular weight excluding hydrogens is 417 g/mol. The van der Waals surface area contributed by atoms with Crippen molar-refractivity contribution in [3.8, 4) is 0 Å². The summed E-state index contributed by atoms with van der Waals surface area (Å²) in [5.41, 5.74) is 1.13. The van der Waals surface area contributed by atoms with Gasteiger partial charge in [0.05, 0.1) is 15.5 Å². The number of nitrogens with one attached hydrogen (secondary N) is 1. The molecule has 0 fully saturated rings. The number of nitrogens with zero attached hydrogens (tertiary/aromatic N) is 2. The molecule has 29 heavy (non-hydrogen) atoms. The molecule has 1 N–H and O–H groups in total. The second-order valence-electron chi connectivity index (χ2n) is 6.27. The zero-order valence-electron chi connectivity index (χ0n) is 15.3. The lowest BCUT2D eigenvalue weighted by atomic mass is 10.2. The van der Waals surface area contributed by atoms with Gasteiger partial charge in [-0.25, -0.2) is 12.8 Å². The van der Waals surface area contributed by atoms with Gasteiger partial charge < -0.3 is 4.90 Å². The summed E-state index contributed by atoms with van der Waals surface area (Å²) in [6.45, 7) is 0.308. The van der Waals surface area contributed by atoms with Crippen molar-refractivity contribution in [2.45, 2.75) is 11.4 Å². The monoisotopic (exact) mass is 433 g/mol. The van der Waals surface area contributed by atoms with E-state index in [1.807, 2.05) is 0 Å². The molecule has 0 bridgehead atoms. The first-order valence-corrected chi connectivity index (χ1v) is 10.3. The number of benzene rings is 2. The molecule has 6 nitrogen and oxygen atoms in total. The van der Waals surface area contributed by atoms with E-state index in [1.54, 1.807) is 31.6 Å². The molecule has 0 radical (unpaired) electrons. The predicted octanol–water partition coefficient (Wildman–Crippen LogP) is 3.95. The van der Waals surface area contributed by atoms with Gasteiger partial charge in [-0.1, -0.05) is 11.6 Å². The molecule has 0 saturated heterocycles. The Morgan fingerprint density at radius 3 is 2.41 bits per heavy atom. The Morgan fingerprint density at radius 1 is 1.10 bits per heavy atom. The van der Waals surface area contributed by atoms with Gasteiger partial charge in [0, 0.05) is 31.7 Å². The van der Waals surface area contributed by atoms with Crippen LogP contribution in [-0.4, -0.2) is 31.3 Å². The van der Waals surface area contributed by atoms with Crippen molar-refractivity contribution in [3.63, 3.8) is 0 Å². The summed E-state index contributed by atoms with van der Waals surface area (Å²) in [5, 5.41) is 0.136. The molecule has 150 valence electrons. The molecule has 1 aromatic heterocycles. The quantitative estimate of drug-likeness (QED) is 0.638. The van der Waals surface area contributed by atoms with Crippen molar-refractivity contribution >= 4 is 33.2 Å². The van der Waals surface area contributed by atoms with Gasteiger partial charge in [-0.3, -0.25) is 14.5 Å². The largest absolute Gasteiger partial charge is 0.337 e. The fourth-order valence-electron chi connectivity index (χ4n) is 2.61. The van der Waals surface area contributed by atoms with Gasteiger partial charge in [0.2, 0.25) is 0 Å². The average molecular weight is 434 g/mol. The van der Waals surface area contributed by atoms with E-state index in [4.69, 9.17) is 11.6 Å². The Kier molecular flexibility index (Phi) is 6.14. The highest BCUT2D eigenvalue weighted by Gasteiger charge is 2.21. The van der Waals surface area contributed by atoms with Crippen LogP contribution in [0, 0.1) is 5.82 Å². The van der Waals surface area contributed by atoms with Crippen molar-refractivity contribution in [1.29, 1.82) is 0 Å². The van der Waals surface area contributed by atoms with Crippen molar-refractivity contribution in [2.24, 2.45) is 0 Å². The number of rotatable bonds is 6. The minimum Gasteiger partial charge on any atom is -0.337 e. The van der Waals surface area contributed by atoms with Crippen LogP contribution in [-0.2, 0) is 16.6 Å². The molecule has 2 aromatic carbocycles. The lowest BCUT2D eigenvalue weighted by Gasteiger charge is -2.18.